The van der Waals surface area contributed by atoms with Crippen LogP contribution in [-0.4, -0.2) is 138 Å². The molecule has 0 radical (unpaired) electrons. The number of nitrogens with one attached hydrogen (secondary N) is 1. The number of aromatic nitrogens is 13. The predicted octanol–water partition coefficient (Wildman–Crippen LogP) is 27.7. The van der Waals surface area contributed by atoms with Gasteiger partial charge in [-0.1, -0.05) is 200 Å². The SMILES string of the molecule is Brc1ccc2c(c1)C=CC2.CCCNc1ccc2c(ccn2CCC)c1.CCCn1ccc2cc(Br)ccc21.CCCn1ccc2cc(C(CCO[Si](C)(C)C(C)(C)C)C(=O)c3c(Cl)ncnc3Cl)ccc21.CCCn1ccc2cc(N(CCO)C(=O)c3c(Cl)ncnc3Cl)ccc21.CCCn1ccc2cc(N3CCOc4ncnc(Cl)c4C3=O)ccc21.O=C(Cl)c1c(Cl)ncnc1Cl. The van der Waals surface area contributed by atoms with Gasteiger partial charge in [-0.2, -0.15) is 0 Å². The number of hydrogen-bond acceptors (Lipinski definition) is 16. The summed E-state index contributed by atoms with van der Waals surface area (Å²) in [4.78, 5) is 83.9. The second kappa shape index (κ2) is 49.9. The van der Waals surface area contributed by atoms with E-state index < -0.39 is 25.4 Å². The molecule has 0 saturated carbocycles. The third-order valence-corrected chi connectivity index (χ3v) is 30.5. The van der Waals surface area contributed by atoms with Gasteiger partial charge in [0.25, 0.3) is 17.1 Å². The van der Waals surface area contributed by atoms with Crippen LogP contribution >= 0.6 is 125 Å². The number of carbonyl (C=O) groups is 4. The van der Waals surface area contributed by atoms with E-state index in [1.54, 1.807) is 4.90 Å². The number of amides is 2. The molecular formula is C100H108Br2Cl8N16O7Si. The molecule has 2 amide bonds. The van der Waals surface area contributed by atoms with E-state index in [0.717, 1.165) is 131 Å². The average Bonchev–Trinajstić information content (AvgIpc) is 1.55. The number of aryl methyl sites for hydroxylation is 5. The molecular weight excluding hydrogens is 2010 g/mol. The molecule has 23 nitrogen and oxygen atoms in total. The van der Waals surface area contributed by atoms with Gasteiger partial charge in [-0.05, 0) is 231 Å². The van der Waals surface area contributed by atoms with E-state index in [9.17, 15) is 24.3 Å². The fraction of sp³-hybridized carbons (Fsp3) is 0.320. The number of Topliss-reactive ketones (excluding diaryl/α,β-unsaturated/α-hetero) is 1. The number of fused-ring (bicyclic) bond motifs is 7. The molecule has 9 aromatic heterocycles. The highest BCUT2D eigenvalue weighted by molar-refractivity contribution is 9.10. The normalized spacial score (nSPS) is 12.3. The molecule has 17 rings (SSSR count). The Morgan fingerprint density at radius 3 is 1.49 bits per heavy atom. The standard InChI is InChI=1S/C25H33Cl2N3O2Si.C18H18Cl2N4O2.C18H17ClN4O2.C14H20N2.C11H12BrN.C9H7Br.C5HCl3N2O/c1-7-12-30-13-10-18-15-17(8-9-20(18)30)19(11-14-32-33(5,6)25(2,3)4)22(31)21-23(26)28-16-29-24(21)27;1-2-6-23-7-5-12-10-13(3-4-14(12)23)24(8-9-25)18(26)15-16(19)21-11-22-17(15)20;1-2-6-22-7-5-12-10-13(3-4-14(12)22)23-8-9-25-17-15(18(23)24)16(19)20-11-21-17;1-3-8-15-13-5-6-14-12(11-13)7-10-16(14)9-4-2;1-2-6-13-7-5-9-8-10(12)3-4-11(9)13;10-9-5-4-7-2-1-3-8(7)6-9;6-3-2(5(8)11)4(7)10-1-9-3/h8-10,13,15-16,19H,7,11-12,14H2,1-6H3;3-5,7,10-11,25H,2,6,8-9H2,1H3;3-5,7,10-11H,2,6,8-9H2,1H3;5-7,10-11,15H,3-4,8-9H2,1-2H3;3-5,7-8H,2,6H2,1H3;1,3-6H,2H2;1H. The Morgan fingerprint density at radius 2 is 0.978 bits per heavy atom. The maximum atomic E-state index is 13.7. The van der Waals surface area contributed by atoms with Crippen molar-refractivity contribution >= 4 is 233 Å². The van der Waals surface area contributed by atoms with E-state index >= 15 is 0 Å². The van der Waals surface area contributed by atoms with E-state index in [1.165, 1.54) is 75.3 Å². The van der Waals surface area contributed by atoms with Crippen LogP contribution in [-0.2, 0) is 43.6 Å². The monoisotopic (exact) mass is 2110 g/mol. The summed E-state index contributed by atoms with van der Waals surface area (Å²) in [6.07, 6.45) is 28.1. The number of nitrogens with zero attached hydrogens (tertiary/aromatic N) is 15. The number of ether oxygens (including phenoxy) is 1. The minimum Gasteiger partial charge on any atom is -0.475 e. The van der Waals surface area contributed by atoms with Crippen molar-refractivity contribution < 1.29 is 33.4 Å². The molecule has 134 heavy (non-hydrogen) atoms. The van der Waals surface area contributed by atoms with Crippen LogP contribution in [0.3, 0.4) is 0 Å². The van der Waals surface area contributed by atoms with Gasteiger partial charge in [0, 0.05) is 164 Å². The lowest BCUT2D eigenvalue weighted by molar-refractivity contribution is 0.0941. The van der Waals surface area contributed by atoms with Crippen LogP contribution in [0.15, 0.2) is 211 Å². The fourth-order valence-corrected chi connectivity index (χ4v) is 18.8. The highest BCUT2D eigenvalue weighted by atomic mass is 79.9. The lowest BCUT2D eigenvalue weighted by Gasteiger charge is -2.36. The summed E-state index contributed by atoms with van der Waals surface area (Å²) in [6.45, 7) is 31.3. The second-order valence-corrected chi connectivity index (χ2v) is 42.6. The van der Waals surface area contributed by atoms with E-state index in [0.29, 0.717) is 31.9 Å². The van der Waals surface area contributed by atoms with Crippen LogP contribution in [0.5, 0.6) is 5.88 Å². The van der Waals surface area contributed by atoms with Gasteiger partial charge in [-0.3, -0.25) is 19.2 Å². The van der Waals surface area contributed by atoms with Crippen molar-refractivity contribution in [2.45, 2.75) is 170 Å². The van der Waals surface area contributed by atoms with Crippen molar-refractivity contribution in [2.24, 2.45) is 0 Å². The van der Waals surface area contributed by atoms with Crippen LogP contribution in [0.1, 0.15) is 171 Å². The second-order valence-electron chi connectivity index (χ2n) is 33.1. The van der Waals surface area contributed by atoms with E-state index in [2.05, 4.69) is 303 Å². The first-order chi connectivity index (χ1) is 64.3. The van der Waals surface area contributed by atoms with Crippen LogP contribution in [0.25, 0.3) is 60.6 Å². The predicted molar refractivity (Wildman–Crippen MR) is 559 cm³/mol. The molecule has 2 aliphatic rings. The smallest absolute Gasteiger partial charge is 0.267 e. The molecule has 0 bridgehead atoms. The number of benzene rings is 6. The summed E-state index contributed by atoms with van der Waals surface area (Å²) in [5, 5.41) is 18.2. The zero-order valence-electron chi connectivity index (χ0n) is 76.5. The molecule has 704 valence electrons. The van der Waals surface area contributed by atoms with Crippen LogP contribution < -0.4 is 19.9 Å². The maximum Gasteiger partial charge on any atom is 0.267 e. The van der Waals surface area contributed by atoms with Crippen LogP contribution in [0, 0.1) is 0 Å². The number of rotatable bonds is 26. The van der Waals surface area contributed by atoms with Gasteiger partial charge in [0.15, 0.2) is 14.1 Å². The number of allylic oxidation sites excluding steroid dienone is 1. The van der Waals surface area contributed by atoms with Crippen molar-refractivity contribution in [1.29, 1.82) is 0 Å². The lowest BCUT2D eigenvalue weighted by Crippen LogP contribution is -2.41. The first-order valence-corrected chi connectivity index (χ1v) is 51.9. The Hall–Kier alpha value is -9.62. The number of halogens is 10. The third kappa shape index (κ3) is 26.8. The zero-order chi connectivity index (χ0) is 96.5. The van der Waals surface area contributed by atoms with Crippen molar-refractivity contribution in [3.63, 3.8) is 0 Å². The quantitative estimate of drug-likeness (QED) is 0.0221. The number of carbonyl (C=O) groups excluding carboxylic acids is 4. The number of ketones is 1. The van der Waals surface area contributed by atoms with Crippen molar-refractivity contribution in [2.75, 3.05) is 54.6 Å². The molecule has 1 unspecified atom stereocenters. The van der Waals surface area contributed by atoms with Crippen molar-refractivity contribution in [1.82, 2.24) is 62.7 Å². The summed E-state index contributed by atoms with van der Waals surface area (Å²) in [7, 11) is -1.95. The maximum absolute atomic E-state index is 13.7. The van der Waals surface area contributed by atoms with Gasteiger partial charge in [0.05, 0.1) is 18.7 Å². The highest BCUT2D eigenvalue weighted by Gasteiger charge is 2.38. The first-order valence-electron chi connectivity index (χ1n) is 44.4. The Labute approximate surface area is 839 Å². The largest absolute Gasteiger partial charge is 0.475 e. The third-order valence-electron chi connectivity index (χ3n) is 22.7. The molecule has 6 aromatic carbocycles. The fourth-order valence-electron chi connectivity index (χ4n) is 15.1. The van der Waals surface area contributed by atoms with Gasteiger partial charge in [0.2, 0.25) is 5.88 Å². The Morgan fingerprint density at radius 1 is 0.530 bits per heavy atom. The van der Waals surface area contributed by atoms with Gasteiger partial charge < -0.3 is 52.2 Å². The van der Waals surface area contributed by atoms with Gasteiger partial charge in [0.1, 0.15) is 84.7 Å². The van der Waals surface area contributed by atoms with Gasteiger partial charge in [-0.25, -0.2) is 39.9 Å². The molecule has 10 heterocycles. The topological polar surface area (TPSA) is 253 Å². The zero-order valence-corrected chi connectivity index (χ0v) is 86.7. The Balaban J connectivity index is 0.000000156. The summed E-state index contributed by atoms with van der Waals surface area (Å²) < 4.78 is 25.5. The summed E-state index contributed by atoms with van der Waals surface area (Å²) in [5.74, 6) is -1.11. The molecule has 2 N–H and O–H groups in total. The van der Waals surface area contributed by atoms with Crippen LogP contribution in [0.2, 0.25) is 54.2 Å². The minimum absolute atomic E-state index is 0.0203. The summed E-state index contributed by atoms with van der Waals surface area (Å²) in [5.41, 5.74) is 12.8. The molecule has 1 atom stereocenters. The van der Waals surface area contributed by atoms with Crippen molar-refractivity contribution in [3.05, 3.63) is 286 Å². The van der Waals surface area contributed by atoms with Gasteiger partial charge >= 0.3 is 0 Å². The lowest BCUT2D eigenvalue weighted by atomic mass is 9.88. The van der Waals surface area contributed by atoms with Crippen molar-refractivity contribution in [3.8, 4) is 5.88 Å². The molecule has 1 aliphatic heterocycles. The summed E-state index contributed by atoms with van der Waals surface area (Å²) >= 11 is 53.7. The molecule has 0 fully saturated rings. The Kier molecular flexibility index (Phi) is 39.1. The average molecular weight is 2120 g/mol. The molecule has 15 aromatic rings. The number of anilines is 3. The molecule has 34 heteroatoms. The molecule has 1 aliphatic carbocycles. The highest BCUT2D eigenvalue weighted by Crippen LogP contribution is 2.40. The Bertz CT molecular complexity index is 6560. The van der Waals surface area contributed by atoms with E-state index in [-0.39, 0.29) is 94.1 Å². The van der Waals surface area contributed by atoms with Crippen LogP contribution in [0.4, 0.5) is 17.1 Å². The number of hydrogen-bond donors (Lipinski definition) is 2. The molecule has 0 saturated heterocycles. The molecule has 0 spiro atoms. The van der Waals surface area contributed by atoms with E-state index in [4.69, 9.17) is 102 Å². The number of aliphatic hydroxyl groups is 1. The first kappa shape index (κ1) is 105. The van der Waals surface area contributed by atoms with E-state index in [1.807, 2.05) is 54.7 Å². The number of aliphatic hydroxyl groups excluding tert-OH is 1. The van der Waals surface area contributed by atoms with Gasteiger partial charge in [-0.15, -0.1) is 0 Å². The minimum atomic E-state index is -1.95. The summed E-state index contributed by atoms with van der Waals surface area (Å²) in [6, 6.07) is 47.9.